The van der Waals surface area contributed by atoms with Crippen molar-refractivity contribution in [3.63, 3.8) is 0 Å². The minimum Gasteiger partial charge on any atom is -0.212 e. The summed E-state index contributed by atoms with van der Waals surface area (Å²) in [4.78, 5) is 0. The summed E-state index contributed by atoms with van der Waals surface area (Å²) in [5.41, 5.74) is 6.13. The zero-order chi connectivity index (χ0) is 16.1. The Balaban J connectivity index is 2.12. The number of hydrogen-bond donors (Lipinski definition) is 0. The van der Waals surface area contributed by atoms with Gasteiger partial charge in [-0.25, -0.2) is 4.39 Å². The van der Waals surface area contributed by atoms with E-state index in [2.05, 4.69) is 57.7 Å². The molecule has 0 aliphatic heterocycles. The average Bonchev–Trinajstić information content (AvgIpc) is 2.52. The summed E-state index contributed by atoms with van der Waals surface area (Å²) in [6, 6.07) is 8.59. The van der Waals surface area contributed by atoms with Gasteiger partial charge in [-0.2, -0.15) is 0 Å². The molecule has 0 heterocycles. The van der Waals surface area contributed by atoms with E-state index >= 15 is 0 Å². The first kappa shape index (κ1) is 16.5. The summed E-state index contributed by atoms with van der Waals surface area (Å²) in [5.74, 6) is 0.492. The Morgan fingerprint density at radius 2 is 1.95 bits per heavy atom. The van der Waals surface area contributed by atoms with E-state index in [4.69, 9.17) is 0 Å². The van der Waals surface area contributed by atoms with Gasteiger partial charge in [-0.15, -0.1) is 0 Å². The van der Waals surface area contributed by atoms with Crippen molar-refractivity contribution in [2.45, 2.75) is 46.0 Å². The highest BCUT2D eigenvalue weighted by Crippen LogP contribution is 2.28. The number of halogens is 1. The maximum Gasteiger partial charge on any atom is 0.100 e. The molecular weight excluding hydrogens is 271 g/mol. The van der Waals surface area contributed by atoms with Crippen LogP contribution in [0.3, 0.4) is 0 Å². The first-order valence-corrected chi connectivity index (χ1v) is 7.98. The van der Waals surface area contributed by atoms with Crippen LogP contribution in [0.1, 0.15) is 50.7 Å². The molecule has 0 saturated carbocycles. The molecule has 0 N–H and O–H groups in total. The lowest BCUT2D eigenvalue weighted by atomic mass is 9.91. The highest BCUT2D eigenvalue weighted by Gasteiger charge is 2.10. The molecule has 0 atom stereocenters. The molecule has 0 bridgehead atoms. The fourth-order valence-corrected chi connectivity index (χ4v) is 2.79. The van der Waals surface area contributed by atoms with E-state index in [1.165, 1.54) is 16.7 Å². The smallest absolute Gasteiger partial charge is 0.100 e. The van der Waals surface area contributed by atoms with Gasteiger partial charge in [0.2, 0.25) is 0 Å². The Morgan fingerprint density at radius 3 is 2.59 bits per heavy atom. The zero-order valence-corrected chi connectivity index (χ0v) is 13.8. The van der Waals surface area contributed by atoms with Gasteiger partial charge in [0.05, 0.1) is 0 Å². The van der Waals surface area contributed by atoms with E-state index in [1.54, 1.807) is 6.08 Å². The molecule has 0 unspecified atom stereocenters. The summed E-state index contributed by atoms with van der Waals surface area (Å²) in [6.45, 7) is 10.7. The van der Waals surface area contributed by atoms with Crippen LogP contribution in [0.5, 0.6) is 0 Å². The molecule has 0 nitrogen and oxygen atoms in total. The summed E-state index contributed by atoms with van der Waals surface area (Å²) in [5, 5.41) is 0. The van der Waals surface area contributed by atoms with E-state index in [1.807, 2.05) is 6.08 Å². The van der Waals surface area contributed by atoms with Crippen molar-refractivity contribution in [3.05, 3.63) is 82.7 Å². The van der Waals surface area contributed by atoms with Gasteiger partial charge in [0.15, 0.2) is 0 Å². The van der Waals surface area contributed by atoms with Crippen LogP contribution in [0.25, 0.3) is 0 Å². The van der Waals surface area contributed by atoms with Crippen LogP contribution < -0.4 is 0 Å². The fourth-order valence-electron chi connectivity index (χ4n) is 2.79. The monoisotopic (exact) mass is 296 g/mol. The molecule has 1 aromatic rings. The van der Waals surface area contributed by atoms with Crippen LogP contribution in [0.4, 0.5) is 4.39 Å². The largest absolute Gasteiger partial charge is 0.212 e. The predicted octanol–water partition coefficient (Wildman–Crippen LogP) is 6.43. The molecule has 0 spiro atoms. The van der Waals surface area contributed by atoms with Crippen molar-refractivity contribution >= 4 is 0 Å². The number of benzene rings is 1. The van der Waals surface area contributed by atoms with Crippen molar-refractivity contribution in [2.24, 2.45) is 0 Å². The SMILES string of the molecule is C=C(C1=CC=C(F)CC1)/C(C)=C\Cc1ccccc1C(C)C. The predicted molar refractivity (Wildman–Crippen MR) is 93.6 cm³/mol. The highest BCUT2D eigenvalue weighted by atomic mass is 19.1. The molecule has 0 saturated heterocycles. The van der Waals surface area contributed by atoms with Crippen molar-refractivity contribution in [2.75, 3.05) is 0 Å². The Hall–Kier alpha value is -1.89. The normalized spacial score (nSPS) is 15.6. The Bertz CT molecular complexity index is 642. The topological polar surface area (TPSA) is 0 Å². The fraction of sp³-hybridized carbons (Fsp3) is 0.333. The second-order valence-electron chi connectivity index (χ2n) is 6.23. The Kier molecular flexibility index (Phi) is 5.54. The molecule has 2 rings (SSSR count). The quantitative estimate of drug-likeness (QED) is 0.549. The average molecular weight is 296 g/mol. The van der Waals surface area contributed by atoms with E-state index in [-0.39, 0.29) is 5.83 Å². The van der Waals surface area contributed by atoms with Crippen molar-refractivity contribution in [1.82, 2.24) is 0 Å². The van der Waals surface area contributed by atoms with Crippen LogP contribution in [-0.2, 0) is 6.42 Å². The maximum atomic E-state index is 13.1. The lowest BCUT2D eigenvalue weighted by Crippen LogP contribution is -1.98. The first-order valence-electron chi connectivity index (χ1n) is 7.98. The number of allylic oxidation sites excluding steroid dienone is 7. The van der Waals surface area contributed by atoms with Gasteiger partial charge < -0.3 is 0 Å². The van der Waals surface area contributed by atoms with Gasteiger partial charge in [-0.3, -0.25) is 0 Å². The highest BCUT2D eigenvalue weighted by molar-refractivity contribution is 5.47. The molecule has 1 heteroatoms. The summed E-state index contributed by atoms with van der Waals surface area (Å²) < 4.78 is 13.1. The first-order chi connectivity index (χ1) is 10.5. The maximum absolute atomic E-state index is 13.1. The minimum absolute atomic E-state index is 0.0379. The third-order valence-corrected chi connectivity index (χ3v) is 4.27. The van der Waals surface area contributed by atoms with E-state index < -0.39 is 0 Å². The van der Waals surface area contributed by atoms with Crippen LogP contribution in [-0.4, -0.2) is 0 Å². The standard InChI is InChI=1S/C21H25F/c1-15(2)21-8-6-5-7-19(21)10-9-16(3)17(4)18-11-13-20(22)14-12-18/h5-9,11,13,15H,4,10,12,14H2,1-3H3/b16-9-. The van der Waals surface area contributed by atoms with Gasteiger partial charge >= 0.3 is 0 Å². The van der Waals surface area contributed by atoms with Crippen molar-refractivity contribution in [1.29, 1.82) is 0 Å². The third-order valence-electron chi connectivity index (χ3n) is 4.27. The summed E-state index contributed by atoms with van der Waals surface area (Å²) >= 11 is 0. The molecule has 0 amide bonds. The Morgan fingerprint density at radius 1 is 1.23 bits per heavy atom. The minimum atomic E-state index is -0.0379. The second-order valence-corrected chi connectivity index (χ2v) is 6.23. The van der Waals surface area contributed by atoms with Crippen LogP contribution >= 0.6 is 0 Å². The molecular formula is C21H25F. The van der Waals surface area contributed by atoms with Crippen LogP contribution in [0, 0.1) is 0 Å². The van der Waals surface area contributed by atoms with Crippen molar-refractivity contribution in [3.8, 4) is 0 Å². The summed E-state index contributed by atoms with van der Waals surface area (Å²) in [7, 11) is 0. The van der Waals surface area contributed by atoms with Gasteiger partial charge in [0.25, 0.3) is 0 Å². The lowest BCUT2D eigenvalue weighted by Gasteiger charge is -2.15. The van der Waals surface area contributed by atoms with Crippen molar-refractivity contribution < 1.29 is 4.39 Å². The molecule has 1 aliphatic carbocycles. The van der Waals surface area contributed by atoms with Crippen LogP contribution in [0.2, 0.25) is 0 Å². The summed E-state index contributed by atoms with van der Waals surface area (Å²) in [6.07, 6.45) is 7.81. The molecule has 0 aromatic heterocycles. The number of rotatable bonds is 5. The van der Waals surface area contributed by atoms with E-state index in [0.717, 1.165) is 24.0 Å². The molecule has 1 aromatic carbocycles. The molecule has 0 fully saturated rings. The zero-order valence-electron chi connectivity index (χ0n) is 13.8. The van der Waals surface area contributed by atoms with Gasteiger partial charge in [0.1, 0.15) is 5.83 Å². The van der Waals surface area contributed by atoms with Crippen LogP contribution in [0.15, 0.2) is 71.6 Å². The Labute approximate surface area is 133 Å². The second kappa shape index (κ2) is 7.40. The van der Waals surface area contributed by atoms with Gasteiger partial charge in [-0.1, -0.05) is 56.8 Å². The van der Waals surface area contributed by atoms with E-state index in [0.29, 0.717) is 12.3 Å². The molecule has 22 heavy (non-hydrogen) atoms. The molecule has 0 radical (unpaired) electrons. The third kappa shape index (κ3) is 4.07. The number of hydrogen-bond acceptors (Lipinski definition) is 0. The molecule has 1 aliphatic rings. The molecule has 116 valence electrons. The lowest BCUT2D eigenvalue weighted by molar-refractivity contribution is 0.583. The van der Waals surface area contributed by atoms with Gasteiger partial charge in [0, 0.05) is 6.42 Å². The van der Waals surface area contributed by atoms with Gasteiger partial charge in [-0.05, 0) is 59.6 Å². The van der Waals surface area contributed by atoms with E-state index in [9.17, 15) is 4.39 Å².